The van der Waals surface area contributed by atoms with Gasteiger partial charge in [0.2, 0.25) is 0 Å². The van der Waals surface area contributed by atoms with E-state index in [-0.39, 0.29) is 21.9 Å². The molecule has 2 atom stereocenters. The molecule has 7 heteroatoms. The van der Waals surface area contributed by atoms with Crippen molar-refractivity contribution in [3.8, 4) is 0 Å². The number of nitrogens with one attached hydrogen (secondary N) is 1. The maximum Gasteiger partial charge on any atom is 0.287 e. The van der Waals surface area contributed by atoms with E-state index in [4.69, 9.17) is 11.6 Å². The summed E-state index contributed by atoms with van der Waals surface area (Å²) in [6.07, 6.45) is 3.16. The van der Waals surface area contributed by atoms with Crippen LogP contribution < -0.4 is 10.9 Å². The molecule has 0 aliphatic rings. The highest BCUT2D eigenvalue weighted by Crippen LogP contribution is 2.16. The van der Waals surface area contributed by atoms with Crippen molar-refractivity contribution in [2.45, 2.75) is 32.1 Å². The van der Waals surface area contributed by atoms with Crippen LogP contribution in [0.3, 0.4) is 0 Å². The molecular weight excluding hydrogens is 274 g/mol. The van der Waals surface area contributed by atoms with E-state index in [1.165, 1.54) is 10.9 Å². The molecule has 0 radical (unpaired) electrons. The number of hydrogen-bond acceptors (Lipinski definition) is 4. The quantitative estimate of drug-likeness (QED) is 0.896. The molecule has 1 aromatic rings. The minimum Gasteiger partial charge on any atom is -0.381 e. The zero-order valence-corrected chi connectivity index (χ0v) is 12.5. The van der Waals surface area contributed by atoms with Crippen LogP contribution >= 0.6 is 11.6 Å². The lowest BCUT2D eigenvalue weighted by atomic mass is 10.3. The van der Waals surface area contributed by atoms with Crippen molar-refractivity contribution in [1.82, 2.24) is 9.78 Å². The van der Waals surface area contributed by atoms with Crippen molar-refractivity contribution in [3.63, 3.8) is 0 Å². The van der Waals surface area contributed by atoms with Crippen LogP contribution in [0.4, 0.5) is 5.69 Å². The molecule has 0 saturated heterocycles. The number of anilines is 1. The Morgan fingerprint density at radius 3 is 2.61 bits per heavy atom. The van der Waals surface area contributed by atoms with Crippen molar-refractivity contribution >= 4 is 28.1 Å². The smallest absolute Gasteiger partial charge is 0.287 e. The molecule has 1 aromatic heterocycles. The van der Waals surface area contributed by atoms with Gasteiger partial charge in [-0.05, 0) is 20.8 Å². The maximum absolute atomic E-state index is 11.9. The molecule has 0 aromatic carbocycles. The number of rotatable bonds is 5. The normalized spacial score (nSPS) is 14.6. The Morgan fingerprint density at radius 2 is 2.11 bits per heavy atom. The van der Waals surface area contributed by atoms with Gasteiger partial charge in [0.15, 0.2) is 0 Å². The molecule has 1 rings (SSSR count). The van der Waals surface area contributed by atoms with E-state index in [2.05, 4.69) is 10.4 Å². The van der Waals surface area contributed by atoms with Crippen molar-refractivity contribution in [2.75, 3.05) is 18.1 Å². The summed E-state index contributed by atoms with van der Waals surface area (Å²) in [4.78, 5) is 11.9. The second-order valence-electron chi connectivity index (χ2n) is 4.41. The fourth-order valence-electron chi connectivity index (χ4n) is 1.31. The molecule has 0 amide bonds. The second kappa shape index (κ2) is 6.33. The van der Waals surface area contributed by atoms with Crippen LogP contribution in [0.2, 0.25) is 5.02 Å². The number of halogens is 1. The standard InChI is InChI=1S/C11H18ClN3O2S/c1-7(2)15-11(16)10(12)9(6-14-15)13-5-8(3)18(4)17/h6-8,13H,5H2,1-4H3. The molecule has 2 unspecified atom stereocenters. The summed E-state index contributed by atoms with van der Waals surface area (Å²) in [5.41, 5.74) is 0.165. The monoisotopic (exact) mass is 291 g/mol. The Kier molecular flexibility index (Phi) is 5.34. The van der Waals surface area contributed by atoms with Crippen LogP contribution in [0.5, 0.6) is 0 Å². The molecule has 0 aliphatic heterocycles. The van der Waals surface area contributed by atoms with Gasteiger partial charge in [-0.2, -0.15) is 5.10 Å². The third kappa shape index (κ3) is 3.55. The van der Waals surface area contributed by atoms with E-state index in [9.17, 15) is 9.00 Å². The van der Waals surface area contributed by atoms with E-state index in [1.54, 1.807) is 6.26 Å². The minimum absolute atomic E-state index is 0.0198. The van der Waals surface area contributed by atoms with E-state index < -0.39 is 10.8 Å². The van der Waals surface area contributed by atoms with E-state index in [0.29, 0.717) is 12.2 Å². The molecule has 18 heavy (non-hydrogen) atoms. The average molecular weight is 292 g/mol. The van der Waals surface area contributed by atoms with Gasteiger partial charge in [-0.15, -0.1) is 0 Å². The number of nitrogens with zero attached hydrogens (tertiary/aromatic N) is 2. The van der Waals surface area contributed by atoms with Gasteiger partial charge < -0.3 is 5.32 Å². The topological polar surface area (TPSA) is 64.0 Å². The molecule has 0 aliphatic carbocycles. The molecule has 1 N–H and O–H groups in total. The Balaban J connectivity index is 2.90. The summed E-state index contributed by atoms with van der Waals surface area (Å²) in [7, 11) is -0.917. The first-order valence-corrected chi connectivity index (χ1v) is 7.68. The van der Waals surface area contributed by atoms with E-state index in [0.717, 1.165) is 0 Å². The van der Waals surface area contributed by atoms with Gasteiger partial charge in [-0.3, -0.25) is 9.00 Å². The Hall–Kier alpha value is -0.880. The highest BCUT2D eigenvalue weighted by Gasteiger charge is 2.12. The van der Waals surface area contributed by atoms with Crippen LogP contribution in [0.1, 0.15) is 26.8 Å². The van der Waals surface area contributed by atoms with Crippen LogP contribution in [0.15, 0.2) is 11.0 Å². The highest BCUT2D eigenvalue weighted by molar-refractivity contribution is 7.84. The fourth-order valence-corrected chi connectivity index (χ4v) is 1.83. The average Bonchev–Trinajstić information content (AvgIpc) is 2.30. The van der Waals surface area contributed by atoms with Crippen LogP contribution in [-0.4, -0.2) is 32.0 Å². The summed E-state index contributed by atoms with van der Waals surface area (Å²) in [5.74, 6) is 0. The van der Waals surface area contributed by atoms with Crippen LogP contribution in [0, 0.1) is 0 Å². The summed E-state index contributed by atoms with van der Waals surface area (Å²) < 4.78 is 12.5. The zero-order valence-electron chi connectivity index (χ0n) is 10.9. The zero-order chi connectivity index (χ0) is 13.9. The predicted octanol–water partition coefficient (Wildman–Crippen LogP) is 1.66. The lowest BCUT2D eigenvalue weighted by Crippen LogP contribution is -2.27. The summed E-state index contributed by atoms with van der Waals surface area (Å²) in [6.45, 7) is 6.07. The highest BCUT2D eigenvalue weighted by atomic mass is 35.5. The van der Waals surface area contributed by atoms with Crippen molar-refractivity contribution in [3.05, 3.63) is 21.6 Å². The largest absolute Gasteiger partial charge is 0.381 e. The summed E-state index contributed by atoms with van der Waals surface area (Å²) in [5, 5.41) is 7.14. The Bertz CT molecular complexity index is 502. The molecule has 5 nitrogen and oxygen atoms in total. The fraction of sp³-hybridized carbons (Fsp3) is 0.636. The first kappa shape index (κ1) is 15.2. The third-order valence-electron chi connectivity index (χ3n) is 2.58. The molecule has 102 valence electrons. The Labute approximate surface area is 114 Å². The van der Waals surface area contributed by atoms with Crippen molar-refractivity contribution < 1.29 is 4.21 Å². The minimum atomic E-state index is -0.917. The van der Waals surface area contributed by atoms with Gasteiger partial charge in [0.05, 0.1) is 17.9 Å². The molecule has 1 heterocycles. The van der Waals surface area contributed by atoms with E-state index >= 15 is 0 Å². The predicted molar refractivity (Wildman–Crippen MR) is 75.9 cm³/mol. The van der Waals surface area contributed by atoms with Crippen LogP contribution in [0.25, 0.3) is 0 Å². The Morgan fingerprint density at radius 1 is 1.50 bits per heavy atom. The number of aromatic nitrogens is 2. The lowest BCUT2D eigenvalue weighted by molar-refractivity contribution is 0.503. The first-order valence-electron chi connectivity index (χ1n) is 5.68. The first-order chi connectivity index (χ1) is 8.34. The SMILES string of the molecule is CC(C)n1ncc(NCC(C)S(C)=O)c(Cl)c1=O. The molecule has 0 saturated carbocycles. The molecule has 0 spiro atoms. The van der Waals surface area contributed by atoms with Gasteiger partial charge in [0.1, 0.15) is 5.02 Å². The van der Waals surface area contributed by atoms with E-state index in [1.807, 2.05) is 20.8 Å². The van der Waals surface area contributed by atoms with Gasteiger partial charge >= 0.3 is 0 Å². The molecule has 0 bridgehead atoms. The third-order valence-corrected chi connectivity index (χ3v) is 4.24. The summed E-state index contributed by atoms with van der Waals surface area (Å²) in [6, 6.07) is -0.0360. The molecule has 0 fully saturated rings. The van der Waals surface area contributed by atoms with Gasteiger partial charge in [-0.25, -0.2) is 4.68 Å². The van der Waals surface area contributed by atoms with Gasteiger partial charge in [0, 0.05) is 28.9 Å². The second-order valence-corrected chi connectivity index (χ2v) is 6.59. The number of hydrogen-bond donors (Lipinski definition) is 1. The van der Waals surface area contributed by atoms with Gasteiger partial charge in [0.25, 0.3) is 5.56 Å². The van der Waals surface area contributed by atoms with Gasteiger partial charge in [-0.1, -0.05) is 11.6 Å². The summed E-state index contributed by atoms with van der Waals surface area (Å²) >= 11 is 5.99. The van der Waals surface area contributed by atoms with Crippen molar-refractivity contribution in [1.29, 1.82) is 0 Å². The lowest BCUT2D eigenvalue weighted by Gasteiger charge is -2.14. The van der Waals surface area contributed by atoms with Crippen molar-refractivity contribution in [2.24, 2.45) is 0 Å². The van der Waals surface area contributed by atoms with Crippen LogP contribution in [-0.2, 0) is 10.8 Å². The maximum atomic E-state index is 11.9. The molecular formula is C11H18ClN3O2S.